The molecule has 42 heavy (non-hydrogen) atoms. The molecule has 0 saturated carbocycles. The maximum atomic E-state index is 13.1. The van der Waals surface area contributed by atoms with Gasteiger partial charge in [0, 0.05) is 48.8 Å². The summed E-state index contributed by atoms with van der Waals surface area (Å²) in [6.45, 7) is 1.03. The summed E-state index contributed by atoms with van der Waals surface area (Å²) in [5.74, 6) is 1.19. The van der Waals surface area contributed by atoms with Gasteiger partial charge in [-0.25, -0.2) is 10.0 Å². The van der Waals surface area contributed by atoms with Gasteiger partial charge in [-0.1, -0.05) is 6.07 Å². The number of benzene rings is 2. The third-order valence-electron chi connectivity index (χ3n) is 7.95. The number of carbonyl (C=O) groups excluding carboxylic acids is 1. The summed E-state index contributed by atoms with van der Waals surface area (Å²) in [5.41, 5.74) is 0.778. The predicted octanol–water partition coefficient (Wildman–Crippen LogP) is 2.07. The zero-order valence-corrected chi connectivity index (χ0v) is 23.0. The zero-order valence-electron chi connectivity index (χ0n) is 23.0. The van der Waals surface area contributed by atoms with E-state index >= 15 is 0 Å². The van der Waals surface area contributed by atoms with Gasteiger partial charge in [-0.3, -0.25) is 9.59 Å². The third kappa shape index (κ3) is 5.00. The first-order valence-corrected chi connectivity index (χ1v) is 13.4. The van der Waals surface area contributed by atoms with Crippen LogP contribution in [0.25, 0.3) is 22.1 Å². The molecule has 2 aromatic carbocycles. The molecule has 0 aliphatic carbocycles. The summed E-state index contributed by atoms with van der Waals surface area (Å²) < 4.78 is 23.5. The molecule has 2 aliphatic heterocycles. The molecule has 3 unspecified atom stereocenters. The Hall–Kier alpha value is -4.65. The average molecular weight is 576 g/mol. The molecule has 218 valence electrons. The molecule has 2 bridgehead atoms. The van der Waals surface area contributed by atoms with Gasteiger partial charge in [0.2, 0.25) is 5.69 Å². The molecular formula is C30H29N3O9. The normalized spacial score (nSPS) is 18.3. The molecule has 4 heterocycles. The minimum Gasteiger partial charge on any atom is -0.595 e. The first-order chi connectivity index (χ1) is 20.2. The van der Waals surface area contributed by atoms with E-state index in [0.717, 1.165) is 12.1 Å². The molecule has 4 aromatic rings. The highest BCUT2D eigenvalue weighted by Gasteiger charge is 2.37. The highest BCUT2D eigenvalue weighted by atomic mass is 16.8. The number of nitrogens with one attached hydrogen (secondary N) is 1. The van der Waals surface area contributed by atoms with E-state index in [4.69, 9.17) is 18.6 Å². The van der Waals surface area contributed by atoms with Crippen LogP contribution < -0.4 is 30.6 Å². The molecule has 12 nitrogen and oxygen atoms in total. The van der Waals surface area contributed by atoms with Crippen molar-refractivity contribution in [3.05, 3.63) is 86.3 Å². The second-order valence-corrected chi connectivity index (χ2v) is 10.5. The lowest BCUT2D eigenvalue weighted by atomic mass is 9.83. The lowest BCUT2D eigenvalue weighted by molar-refractivity contribution is -0.992. The molecule has 2 aromatic heterocycles. The van der Waals surface area contributed by atoms with Crippen molar-refractivity contribution in [1.82, 2.24) is 9.47 Å². The number of carbonyl (C=O) groups is 1. The van der Waals surface area contributed by atoms with E-state index in [1.807, 2.05) is 0 Å². The van der Waals surface area contributed by atoms with Gasteiger partial charge in [-0.05, 0) is 54.3 Å². The van der Waals surface area contributed by atoms with E-state index in [2.05, 4.69) is 0 Å². The number of nitrogens with zero attached hydrogens (tertiary/aromatic N) is 2. The Bertz CT molecular complexity index is 1800. The molecule has 6 rings (SSSR count). The van der Waals surface area contributed by atoms with Crippen LogP contribution in [0.15, 0.2) is 68.6 Å². The maximum absolute atomic E-state index is 13.1. The number of pyridine rings is 1. The average Bonchev–Trinajstić information content (AvgIpc) is 2.99. The number of amides is 1. The van der Waals surface area contributed by atoms with Crippen molar-refractivity contribution < 1.29 is 33.9 Å². The van der Waals surface area contributed by atoms with Crippen molar-refractivity contribution in [1.29, 1.82) is 0 Å². The quantitative estimate of drug-likeness (QED) is 0.250. The van der Waals surface area contributed by atoms with E-state index < -0.39 is 16.4 Å². The Balaban J connectivity index is 1.15. The Morgan fingerprint density at radius 2 is 1.83 bits per heavy atom. The number of fused-ring (bicyclic) bond motifs is 5. The molecule has 2 aliphatic rings. The van der Waals surface area contributed by atoms with Gasteiger partial charge in [0.1, 0.15) is 11.3 Å². The van der Waals surface area contributed by atoms with E-state index in [0.29, 0.717) is 59.0 Å². The van der Waals surface area contributed by atoms with Gasteiger partial charge in [-0.15, -0.1) is 0 Å². The Morgan fingerprint density at radius 1 is 1.02 bits per heavy atom. The number of quaternary nitrogens is 1. The van der Waals surface area contributed by atoms with Crippen LogP contribution in [-0.4, -0.2) is 54.5 Å². The number of methoxy groups -OCH3 is 2. The number of hydrogen-bond acceptors (Lipinski definition) is 9. The first kappa shape index (κ1) is 27.5. The highest BCUT2D eigenvalue weighted by molar-refractivity contribution is 5.83. The maximum Gasteiger partial charge on any atom is 0.344 e. The fourth-order valence-corrected chi connectivity index (χ4v) is 5.93. The van der Waals surface area contributed by atoms with Gasteiger partial charge in [0.25, 0.3) is 5.91 Å². The number of hydrogen-bond donors (Lipinski definition) is 2. The van der Waals surface area contributed by atoms with Crippen molar-refractivity contribution in [2.24, 2.45) is 5.92 Å². The predicted molar refractivity (Wildman–Crippen MR) is 150 cm³/mol. The van der Waals surface area contributed by atoms with Crippen molar-refractivity contribution >= 4 is 22.6 Å². The van der Waals surface area contributed by atoms with E-state index in [-0.39, 0.29) is 30.0 Å². The van der Waals surface area contributed by atoms with Gasteiger partial charge in [0.15, 0.2) is 18.1 Å². The topological polar surface area (TPSA) is 148 Å². The SMILES string of the molecule is COc1ccc(-c2cc3ccc(OCC(=O)N4CC5CC(C4)c4ccc([NH+]([O-])O)c(=O)n4C5)cc3oc2=O)cc1OC. The molecule has 1 saturated heterocycles. The molecule has 0 radical (unpaired) electrons. The summed E-state index contributed by atoms with van der Waals surface area (Å²) in [5, 5.41) is 20.1. The highest BCUT2D eigenvalue weighted by Crippen LogP contribution is 2.36. The monoisotopic (exact) mass is 575 g/mol. The van der Waals surface area contributed by atoms with Crippen LogP contribution in [0, 0.1) is 11.1 Å². The minimum atomic E-state index is -1.24. The Kier molecular flexibility index (Phi) is 7.19. The van der Waals surface area contributed by atoms with Crippen LogP contribution in [0.2, 0.25) is 0 Å². The zero-order chi connectivity index (χ0) is 29.5. The van der Waals surface area contributed by atoms with Gasteiger partial charge >= 0.3 is 11.2 Å². The molecule has 1 amide bonds. The molecule has 2 N–H and O–H groups in total. The van der Waals surface area contributed by atoms with E-state index in [1.54, 1.807) is 58.0 Å². The second kappa shape index (κ2) is 11.0. The molecule has 3 atom stereocenters. The van der Waals surface area contributed by atoms with Crippen molar-refractivity contribution in [2.45, 2.75) is 18.9 Å². The molecule has 0 spiro atoms. The molecular weight excluding hydrogens is 546 g/mol. The number of aromatic nitrogens is 1. The summed E-state index contributed by atoms with van der Waals surface area (Å²) in [6, 6.07) is 15.0. The Labute approximate surface area is 239 Å². The van der Waals surface area contributed by atoms with Crippen LogP contribution in [0.5, 0.6) is 17.2 Å². The number of rotatable bonds is 7. The van der Waals surface area contributed by atoms with Crippen LogP contribution in [0.4, 0.5) is 5.69 Å². The minimum absolute atomic E-state index is 0.0387. The van der Waals surface area contributed by atoms with Crippen LogP contribution in [-0.2, 0) is 11.3 Å². The lowest BCUT2D eigenvalue weighted by Crippen LogP contribution is -3.00. The summed E-state index contributed by atoms with van der Waals surface area (Å²) >= 11 is 0. The number of likely N-dealkylation sites (tertiary alicyclic amines) is 1. The molecule has 1 fully saturated rings. The van der Waals surface area contributed by atoms with Crippen molar-refractivity contribution in [3.63, 3.8) is 0 Å². The molecule has 12 heteroatoms. The van der Waals surface area contributed by atoms with Crippen LogP contribution >= 0.6 is 0 Å². The van der Waals surface area contributed by atoms with Gasteiger partial charge < -0.3 is 33.3 Å². The van der Waals surface area contributed by atoms with Gasteiger partial charge in [0.05, 0.1) is 19.8 Å². The summed E-state index contributed by atoms with van der Waals surface area (Å²) in [4.78, 5) is 40.3. The number of ether oxygens (including phenoxy) is 3. The van der Waals surface area contributed by atoms with Crippen molar-refractivity contribution in [3.8, 4) is 28.4 Å². The fraction of sp³-hybridized carbons (Fsp3) is 0.300. The van der Waals surface area contributed by atoms with Crippen molar-refractivity contribution in [2.75, 3.05) is 33.9 Å². The fourth-order valence-electron chi connectivity index (χ4n) is 5.93. The second-order valence-electron chi connectivity index (χ2n) is 10.5. The van der Waals surface area contributed by atoms with Crippen LogP contribution in [0.1, 0.15) is 18.0 Å². The van der Waals surface area contributed by atoms with Crippen LogP contribution in [0.3, 0.4) is 0 Å². The lowest BCUT2D eigenvalue weighted by Gasteiger charge is -2.42. The van der Waals surface area contributed by atoms with E-state index in [1.165, 1.54) is 20.3 Å². The summed E-state index contributed by atoms with van der Waals surface area (Å²) in [6.07, 6.45) is 0.825. The smallest absolute Gasteiger partial charge is 0.344 e. The first-order valence-electron chi connectivity index (χ1n) is 13.4. The number of piperidine rings is 1. The standard InChI is InChI=1S/C30H29N3O9/c1-39-25-8-4-18(11-27(25)40-2)22-10-19-3-5-21(12-26(19)42-30(22)36)41-16-28(34)31-13-17-9-20(15-31)23-6-7-24(33(37)38)29(35)32(23)14-17/h3-8,10-12,17,20,33,37H,9,13-16H2,1-2H3. The van der Waals surface area contributed by atoms with Gasteiger partial charge in [-0.2, -0.15) is 5.23 Å². The van der Waals surface area contributed by atoms with E-state index in [9.17, 15) is 24.8 Å². The summed E-state index contributed by atoms with van der Waals surface area (Å²) in [7, 11) is 3.06. The third-order valence-corrected chi connectivity index (χ3v) is 7.95. The Morgan fingerprint density at radius 3 is 2.60 bits per heavy atom. The largest absolute Gasteiger partial charge is 0.595 e.